The molecule has 7 heteroatoms. The van der Waals surface area contributed by atoms with E-state index in [1.165, 1.54) is 19.1 Å². The number of aryl methyl sites for hydroxylation is 1. The van der Waals surface area contributed by atoms with E-state index in [2.05, 4.69) is 0 Å². The number of nitrogens with zero attached hydrogens (tertiary/aromatic N) is 1. The maximum absolute atomic E-state index is 12.0. The zero-order valence-electron chi connectivity index (χ0n) is 8.01. The molecule has 0 spiro atoms. The molecule has 72 valence electrons. The summed E-state index contributed by atoms with van der Waals surface area (Å²) in [7, 11) is 0. The summed E-state index contributed by atoms with van der Waals surface area (Å²) in [6, 6.07) is 4.04. The Morgan fingerprint density at radius 3 is 2.36 bits per heavy atom. The average Bonchev–Trinajstić information content (AvgIpc) is 1.95. The molecule has 2 nitrogen and oxygen atoms in total. The minimum absolute atomic E-state index is 0. The van der Waals surface area contributed by atoms with E-state index >= 15 is 0 Å². The van der Waals surface area contributed by atoms with Crippen LogP contribution in [0.2, 0.25) is 0 Å². The minimum atomic E-state index is -4.96. The third-order valence-electron chi connectivity index (χ3n) is 1.66. The van der Waals surface area contributed by atoms with Crippen molar-refractivity contribution in [1.82, 2.24) is 4.57 Å². The summed E-state index contributed by atoms with van der Waals surface area (Å²) in [6.45, 7) is -3.48. The number of halogens is 3. The maximum atomic E-state index is 12.0. The Hall–Kier alpha value is 0.441. The summed E-state index contributed by atoms with van der Waals surface area (Å²) >= 11 is 0. The Balaban J connectivity index is 0.00000169. The monoisotopic (exact) mass is 229 g/mol. The van der Waals surface area contributed by atoms with Gasteiger partial charge in [0.1, 0.15) is 0 Å². The Kier molecular flexibility index (Phi) is 5.68. The van der Waals surface area contributed by atoms with Crippen molar-refractivity contribution in [3.8, 4) is 0 Å². The third kappa shape index (κ3) is 4.31. The molecule has 0 aliphatic carbocycles. The molecule has 0 unspecified atom stereocenters. The van der Waals surface area contributed by atoms with Gasteiger partial charge in [-0.05, 0) is 19.4 Å². The summed E-state index contributed by atoms with van der Waals surface area (Å²) in [5.74, 6) is 0. The van der Waals surface area contributed by atoms with Crippen molar-refractivity contribution in [2.24, 2.45) is 0 Å². The SMILES string of the molecule is Cc1cccc(=O)n1C[B-](F)(F)F.[K+]. The fourth-order valence-electron chi connectivity index (χ4n) is 1.06. The normalized spacial score (nSPS) is 10.9. The summed E-state index contributed by atoms with van der Waals surface area (Å²) in [6.07, 6.45) is -1.16. The number of aromatic nitrogens is 1. The van der Waals surface area contributed by atoms with Crippen LogP contribution in [0.25, 0.3) is 0 Å². The maximum Gasteiger partial charge on any atom is 1.00 e. The molecule has 1 rings (SSSR count). The number of pyridine rings is 1. The second-order valence-electron chi connectivity index (χ2n) is 2.83. The molecule has 0 N–H and O–H groups in total. The van der Waals surface area contributed by atoms with Crippen LogP contribution in [0.3, 0.4) is 0 Å². The van der Waals surface area contributed by atoms with Crippen molar-refractivity contribution in [2.75, 3.05) is 0 Å². The van der Waals surface area contributed by atoms with Gasteiger partial charge < -0.3 is 17.5 Å². The number of hydrogen-bond acceptors (Lipinski definition) is 1. The molecule has 1 heterocycles. The van der Waals surface area contributed by atoms with Gasteiger partial charge in [0.05, 0.1) is 0 Å². The smallest absolute Gasteiger partial charge is 0.448 e. The quantitative estimate of drug-likeness (QED) is 0.568. The van der Waals surface area contributed by atoms with Crippen molar-refractivity contribution >= 4 is 6.98 Å². The third-order valence-corrected chi connectivity index (χ3v) is 1.66. The molecule has 0 aliphatic rings. The van der Waals surface area contributed by atoms with E-state index in [4.69, 9.17) is 0 Å². The molecular weight excluding hydrogens is 221 g/mol. The van der Waals surface area contributed by atoms with Crippen LogP contribution in [0.15, 0.2) is 23.0 Å². The fourth-order valence-corrected chi connectivity index (χ4v) is 1.06. The Morgan fingerprint density at radius 2 is 1.93 bits per heavy atom. The Morgan fingerprint density at radius 1 is 1.36 bits per heavy atom. The van der Waals surface area contributed by atoms with E-state index in [0.717, 1.165) is 10.6 Å². The fraction of sp³-hybridized carbons (Fsp3) is 0.286. The molecule has 0 fully saturated rings. The van der Waals surface area contributed by atoms with Crippen LogP contribution in [-0.2, 0) is 6.44 Å². The van der Waals surface area contributed by atoms with Crippen LogP contribution in [0, 0.1) is 6.92 Å². The van der Waals surface area contributed by atoms with Crippen molar-refractivity contribution in [1.29, 1.82) is 0 Å². The summed E-state index contributed by atoms with van der Waals surface area (Å²) in [5, 5.41) is 0. The van der Waals surface area contributed by atoms with Gasteiger partial charge in [-0.25, -0.2) is 0 Å². The van der Waals surface area contributed by atoms with E-state index in [-0.39, 0.29) is 51.4 Å². The van der Waals surface area contributed by atoms with Gasteiger partial charge in [0.2, 0.25) is 5.56 Å². The topological polar surface area (TPSA) is 22.0 Å². The molecule has 1 aromatic heterocycles. The van der Waals surface area contributed by atoms with Gasteiger partial charge >= 0.3 is 58.4 Å². The van der Waals surface area contributed by atoms with E-state index < -0.39 is 19.0 Å². The van der Waals surface area contributed by atoms with E-state index in [9.17, 15) is 17.7 Å². The zero-order valence-corrected chi connectivity index (χ0v) is 11.1. The molecule has 0 atom stereocenters. The molecule has 0 saturated heterocycles. The minimum Gasteiger partial charge on any atom is -0.448 e. The Bertz CT molecular complexity index is 363. The second-order valence-corrected chi connectivity index (χ2v) is 2.83. The van der Waals surface area contributed by atoms with E-state index in [1.807, 2.05) is 0 Å². The van der Waals surface area contributed by atoms with Crippen LogP contribution < -0.4 is 56.9 Å². The first kappa shape index (κ1) is 14.4. The van der Waals surface area contributed by atoms with Crippen molar-refractivity contribution < 1.29 is 64.3 Å². The van der Waals surface area contributed by atoms with Gasteiger partial charge in [-0.15, -0.1) is 0 Å². The molecular formula is C7H8BF3KNO. The van der Waals surface area contributed by atoms with Crippen molar-refractivity contribution in [3.63, 3.8) is 0 Å². The molecule has 1 aromatic rings. The van der Waals surface area contributed by atoms with Crippen molar-refractivity contribution in [3.05, 3.63) is 34.2 Å². The van der Waals surface area contributed by atoms with Crippen LogP contribution >= 0.6 is 0 Å². The van der Waals surface area contributed by atoms with Crippen LogP contribution in [0.5, 0.6) is 0 Å². The average molecular weight is 229 g/mol. The molecule has 14 heavy (non-hydrogen) atoms. The molecule has 0 saturated carbocycles. The number of hydrogen-bond donors (Lipinski definition) is 0. The van der Waals surface area contributed by atoms with Gasteiger partial charge in [-0.1, -0.05) is 6.07 Å². The predicted octanol–water partition coefficient (Wildman–Crippen LogP) is -1.45. The standard InChI is InChI=1S/C7H8BF3NO.K/c1-6-3-2-4-7(13)12(6)5-8(9,10)11;/h2-4H,5H2,1H3;/q-1;+1. The van der Waals surface area contributed by atoms with Gasteiger partial charge in [-0.2, -0.15) is 0 Å². The summed E-state index contributed by atoms with van der Waals surface area (Å²) in [5.41, 5.74) is -0.286. The van der Waals surface area contributed by atoms with Gasteiger partial charge in [-0.3, -0.25) is 4.79 Å². The van der Waals surface area contributed by atoms with Crippen LogP contribution in [-0.4, -0.2) is 11.5 Å². The van der Waals surface area contributed by atoms with Crippen molar-refractivity contribution in [2.45, 2.75) is 13.4 Å². The first-order valence-electron chi connectivity index (χ1n) is 3.77. The second kappa shape index (κ2) is 5.50. The largest absolute Gasteiger partial charge is 1.00 e. The van der Waals surface area contributed by atoms with E-state index in [0.29, 0.717) is 5.69 Å². The van der Waals surface area contributed by atoms with Gasteiger partial charge in [0, 0.05) is 11.8 Å². The van der Waals surface area contributed by atoms with Crippen LogP contribution in [0.4, 0.5) is 12.9 Å². The Labute approximate surface area is 122 Å². The molecule has 0 bridgehead atoms. The molecule has 0 aromatic carbocycles. The predicted molar refractivity (Wildman–Crippen MR) is 44.5 cm³/mol. The van der Waals surface area contributed by atoms with Gasteiger partial charge in [0.25, 0.3) is 0 Å². The zero-order chi connectivity index (χ0) is 10.1. The molecule has 0 aliphatic heterocycles. The first-order chi connectivity index (χ1) is 5.90. The molecule has 0 amide bonds. The van der Waals surface area contributed by atoms with Crippen LogP contribution in [0.1, 0.15) is 5.69 Å². The van der Waals surface area contributed by atoms with Gasteiger partial charge in [0.15, 0.2) is 0 Å². The summed E-state index contributed by atoms with van der Waals surface area (Å²) < 4.78 is 36.7. The summed E-state index contributed by atoms with van der Waals surface area (Å²) in [4.78, 5) is 11.0. The van der Waals surface area contributed by atoms with E-state index in [1.54, 1.807) is 0 Å². The first-order valence-corrected chi connectivity index (χ1v) is 3.77. The number of rotatable bonds is 2. The molecule has 0 radical (unpaired) electrons.